The molecule has 0 saturated carbocycles. The summed E-state index contributed by atoms with van der Waals surface area (Å²) < 4.78 is 0. The Labute approximate surface area is 110 Å². The molecule has 102 valence electrons. The second kappa shape index (κ2) is 5.64. The molecule has 1 fully saturated rings. The Balaban J connectivity index is 1.97. The highest BCUT2D eigenvalue weighted by Crippen LogP contribution is 2.19. The molecule has 1 N–H and O–H groups in total. The first-order chi connectivity index (χ1) is 9.08. The number of nitrogens with one attached hydrogen (secondary N) is 1. The minimum Gasteiger partial charge on any atom is -0.361 e. The van der Waals surface area contributed by atoms with E-state index in [1.54, 1.807) is 11.8 Å². The summed E-state index contributed by atoms with van der Waals surface area (Å²) in [5.41, 5.74) is 0.507. The zero-order chi connectivity index (χ0) is 13.8. The molecule has 1 aromatic heterocycles. The van der Waals surface area contributed by atoms with Crippen molar-refractivity contribution in [2.24, 2.45) is 0 Å². The van der Waals surface area contributed by atoms with Gasteiger partial charge in [-0.05, 0) is 19.8 Å². The van der Waals surface area contributed by atoms with Crippen LogP contribution in [0, 0.1) is 17.0 Å². The third kappa shape index (κ3) is 3.18. The number of aryl methyl sites for hydroxylation is 1. The maximum atomic E-state index is 11.8. The summed E-state index contributed by atoms with van der Waals surface area (Å²) in [7, 11) is 0. The van der Waals surface area contributed by atoms with Gasteiger partial charge in [0.05, 0.1) is 17.5 Å². The zero-order valence-corrected chi connectivity index (χ0v) is 10.8. The molecule has 1 saturated heterocycles. The van der Waals surface area contributed by atoms with Crippen molar-refractivity contribution in [1.82, 2.24) is 9.88 Å². The quantitative estimate of drug-likeness (QED) is 0.654. The van der Waals surface area contributed by atoms with E-state index in [-0.39, 0.29) is 18.1 Å². The predicted octanol–water partition coefficient (Wildman–Crippen LogP) is 1.33. The highest BCUT2D eigenvalue weighted by Gasteiger charge is 2.18. The van der Waals surface area contributed by atoms with E-state index in [1.165, 1.54) is 12.3 Å². The summed E-state index contributed by atoms with van der Waals surface area (Å²) in [6.45, 7) is 3.33. The standard InChI is InChI=1S/C12H16N4O3/c1-9-7-13-11(6-10(9)16(18)19)14-8-12(17)15-4-2-3-5-15/h6-7H,2-5,8H2,1H3,(H,13,14). The molecular weight excluding hydrogens is 248 g/mol. The summed E-state index contributed by atoms with van der Waals surface area (Å²) in [6.07, 6.45) is 3.51. The van der Waals surface area contributed by atoms with Crippen molar-refractivity contribution in [3.8, 4) is 0 Å². The molecule has 19 heavy (non-hydrogen) atoms. The van der Waals surface area contributed by atoms with Crippen molar-refractivity contribution in [3.05, 3.63) is 27.9 Å². The molecule has 7 heteroatoms. The van der Waals surface area contributed by atoms with Gasteiger partial charge in [-0.1, -0.05) is 0 Å². The third-order valence-corrected chi connectivity index (χ3v) is 3.15. The van der Waals surface area contributed by atoms with Crippen LogP contribution < -0.4 is 5.32 Å². The number of carbonyl (C=O) groups is 1. The number of anilines is 1. The van der Waals surface area contributed by atoms with Crippen molar-refractivity contribution in [1.29, 1.82) is 0 Å². The van der Waals surface area contributed by atoms with Crippen molar-refractivity contribution >= 4 is 17.4 Å². The lowest BCUT2D eigenvalue weighted by Crippen LogP contribution is -2.33. The normalized spacial score (nSPS) is 14.5. The van der Waals surface area contributed by atoms with E-state index in [0.29, 0.717) is 11.4 Å². The van der Waals surface area contributed by atoms with Crippen molar-refractivity contribution in [2.45, 2.75) is 19.8 Å². The molecule has 1 aromatic rings. The number of carbonyl (C=O) groups excluding carboxylic acids is 1. The Morgan fingerprint density at radius 2 is 2.21 bits per heavy atom. The van der Waals surface area contributed by atoms with Crippen LogP contribution in [0.1, 0.15) is 18.4 Å². The van der Waals surface area contributed by atoms with Gasteiger partial charge in [0.1, 0.15) is 5.82 Å². The van der Waals surface area contributed by atoms with Crippen LogP contribution in [0.5, 0.6) is 0 Å². The van der Waals surface area contributed by atoms with Crippen LogP contribution in [0.15, 0.2) is 12.3 Å². The Bertz CT molecular complexity index is 498. The fourth-order valence-electron chi connectivity index (χ4n) is 2.05. The lowest BCUT2D eigenvalue weighted by molar-refractivity contribution is -0.385. The molecule has 0 aromatic carbocycles. The molecule has 1 amide bonds. The SMILES string of the molecule is Cc1cnc(NCC(=O)N2CCCC2)cc1[N+](=O)[O-]. The van der Waals surface area contributed by atoms with Crippen LogP contribution in [-0.4, -0.2) is 40.3 Å². The molecule has 0 spiro atoms. The Kier molecular flexibility index (Phi) is 3.94. The molecule has 1 aliphatic heterocycles. The first kappa shape index (κ1) is 13.3. The Hall–Kier alpha value is -2.18. The molecule has 0 aliphatic carbocycles. The minimum atomic E-state index is -0.454. The zero-order valence-electron chi connectivity index (χ0n) is 10.8. The Morgan fingerprint density at radius 1 is 1.53 bits per heavy atom. The summed E-state index contributed by atoms with van der Waals surface area (Å²) in [5.74, 6) is 0.354. The summed E-state index contributed by atoms with van der Waals surface area (Å²) in [6, 6.07) is 1.35. The number of pyridine rings is 1. The second-order valence-corrected chi connectivity index (χ2v) is 4.55. The number of amides is 1. The highest BCUT2D eigenvalue weighted by molar-refractivity contribution is 5.80. The van der Waals surface area contributed by atoms with Gasteiger partial charge in [0.2, 0.25) is 5.91 Å². The maximum absolute atomic E-state index is 11.8. The van der Waals surface area contributed by atoms with Crippen LogP contribution in [0.4, 0.5) is 11.5 Å². The van der Waals surface area contributed by atoms with Gasteiger partial charge < -0.3 is 10.2 Å². The fraction of sp³-hybridized carbons (Fsp3) is 0.500. The molecule has 0 unspecified atom stereocenters. The largest absolute Gasteiger partial charge is 0.361 e. The number of nitrogens with zero attached hydrogens (tertiary/aromatic N) is 3. The number of nitro groups is 1. The maximum Gasteiger partial charge on any atom is 0.277 e. The number of hydrogen-bond acceptors (Lipinski definition) is 5. The van der Waals surface area contributed by atoms with Crippen LogP contribution in [-0.2, 0) is 4.79 Å². The third-order valence-electron chi connectivity index (χ3n) is 3.15. The molecule has 2 rings (SSSR count). The van der Waals surface area contributed by atoms with Crippen LogP contribution in [0.2, 0.25) is 0 Å². The predicted molar refractivity (Wildman–Crippen MR) is 69.9 cm³/mol. The van der Waals surface area contributed by atoms with Gasteiger partial charge in [-0.25, -0.2) is 4.98 Å². The van der Waals surface area contributed by atoms with E-state index in [1.807, 2.05) is 0 Å². The van der Waals surface area contributed by atoms with Gasteiger partial charge in [-0.15, -0.1) is 0 Å². The molecule has 0 bridgehead atoms. The van der Waals surface area contributed by atoms with Gasteiger partial charge in [0.15, 0.2) is 0 Å². The summed E-state index contributed by atoms with van der Waals surface area (Å²) >= 11 is 0. The van der Waals surface area contributed by atoms with E-state index < -0.39 is 4.92 Å². The smallest absolute Gasteiger partial charge is 0.277 e. The first-order valence-corrected chi connectivity index (χ1v) is 6.20. The average Bonchev–Trinajstić information content (AvgIpc) is 2.91. The van der Waals surface area contributed by atoms with Gasteiger partial charge >= 0.3 is 0 Å². The van der Waals surface area contributed by atoms with Crippen molar-refractivity contribution in [2.75, 3.05) is 25.0 Å². The minimum absolute atomic E-state index is 0.00234. The van der Waals surface area contributed by atoms with E-state index in [9.17, 15) is 14.9 Å². The molecule has 7 nitrogen and oxygen atoms in total. The van der Waals surface area contributed by atoms with E-state index in [4.69, 9.17) is 0 Å². The molecule has 0 atom stereocenters. The fourth-order valence-corrected chi connectivity index (χ4v) is 2.05. The summed E-state index contributed by atoms with van der Waals surface area (Å²) in [4.78, 5) is 28.0. The lowest BCUT2D eigenvalue weighted by atomic mass is 10.2. The first-order valence-electron chi connectivity index (χ1n) is 6.20. The molecular formula is C12H16N4O3. The van der Waals surface area contributed by atoms with Crippen LogP contribution in [0.3, 0.4) is 0 Å². The topological polar surface area (TPSA) is 88.4 Å². The summed E-state index contributed by atoms with van der Waals surface area (Å²) in [5, 5.41) is 13.6. The molecule has 0 radical (unpaired) electrons. The van der Waals surface area contributed by atoms with E-state index in [0.717, 1.165) is 25.9 Å². The average molecular weight is 264 g/mol. The van der Waals surface area contributed by atoms with Gasteiger partial charge in [-0.3, -0.25) is 14.9 Å². The number of hydrogen-bond donors (Lipinski definition) is 1. The molecule has 1 aliphatic rings. The van der Waals surface area contributed by atoms with Crippen LogP contribution in [0.25, 0.3) is 0 Å². The second-order valence-electron chi connectivity index (χ2n) is 4.55. The number of aromatic nitrogens is 1. The van der Waals surface area contributed by atoms with Crippen molar-refractivity contribution < 1.29 is 9.72 Å². The van der Waals surface area contributed by atoms with Crippen LogP contribution >= 0.6 is 0 Å². The van der Waals surface area contributed by atoms with E-state index >= 15 is 0 Å². The number of likely N-dealkylation sites (tertiary alicyclic amines) is 1. The number of rotatable bonds is 4. The highest BCUT2D eigenvalue weighted by atomic mass is 16.6. The van der Waals surface area contributed by atoms with Crippen molar-refractivity contribution in [3.63, 3.8) is 0 Å². The monoisotopic (exact) mass is 264 g/mol. The Morgan fingerprint density at radius 3 is 2.84 bits per heavy atom. The van der Waals surface area contributed by atoms with Gasteiger partial charge in [0, 0.05) is 24.8 Å². The van der Waals surface area contributed by atoms with Gasteiger partial charge in [-0.2, -0.15) is 0 Å². The van der Waals surface area contributed by atoms with E-state index in [2.05, 4.69) is 10.3 Å². The van der Waals surface area contributed by atoms with Gasteiger partial charge in [0.25, 0.3) is 5.69 Å². The lowest BCUT2D eigenvalue weighted by Gasteiger charge is -2.15. The molecule has 2 heterocycles.